The topological polar surface area (TPSA) is 46.7 Å². The Morgan fingerprint density at radius 3 is 2.82 bits per heavy atom. The van der Waals surface area contributed by atoms with Crippen molar-refractivity contribution in [1.29, 1.82) is 0 Å². The Kier molecular flexibility index (Phi) is 6.20. The fraction of sp³-hybridized carbons (Fsp3) is 0.609. The number of hydrogen-bond donors (Lipinski definition) is 2. The lowest BCUT2D eigenvalue weighted by atomic mass is 10.1. The number of benzene rings is 1. The highest BCUT2D eigenvalue weighted by molar-refractivity contribution is 5.86. The first kappa shape index (κ1) is 19.3. The number of para-hydroxylation sites is 1. The molecule has 0 radical (unpaired) electrons. The number of aromatic amines is 1. The van der Waals surface area contributed by atoms with Crippen molar-refractivity contribution in [3.63, 3.8) is 0 Å². The fourth-order valence-electron chi connectivity index (χ4n) is 4.82. The molecule has 1 aromatic heterocycles. The quantitative estimate of drug-likeness (QED) is 0.595. The summed E-state index contributed by atoms with van der Waals surface area (Å²) in [4.78, 5) is 13.6. The molecular weight excluding hydrogens is 346 g/mol. The molecule has 2 aliphatic heterocycles. The van der Waals surface area contributed by atoms with E-state index in [1.807, 2.05) is 0 Å². The Bertz CT molecular complexity index is 802. The molecule has 2 saturated heterocycles. The number of H-pyrrole nitrogens is 1. The van der Waals surface area contributed by atoms with Gasteiger partial charge in [0.1, 0.15) is 0 Å². The normalized spacial score (nSPS) is 21.1. The van der Waals surface area contributed by atoms with Gasteiger partial charge < -0.3 is 15.2 Å². The van der Waals surface area contributed by atoms with Crippen molar-refractivity contribution in [2.75, 3.05) is 39.3 Å². The molecule has 1 aromatic carbocycles. The van der Waals surface area contributed by atoms with Crippen LogP contribution in [0.2, 0.25) is 0 Å². The number of hydrogen-bond acceptors (Lipinski definition) is 2. The first-order valence-corrected chi connectivity index (χ1v) is 11.1. The van der Waals surface area contributed by atoms with Crippen LogP contribution in [0.15, 0.2) is 29.4 Å². The van der Waals surface area contributed by atoms with Crippen LogP contribution in [0.1, 0.15) is 44.2 Å². The molecule has 5 nitrogen and oxygen atoms in total. The molecule has 1 unspecified atom stereocenters. The maximum atomic E-state index is 4.98. The molecule has 1 atom stereocenters. The highest BCUT2D eigenvalue weighted by Crippen LogP contribution is 2.23. The van der Waals surface area contributed by atoms with Gasteiger partial charge in [-0.05, 0) is 63.2 Å². The third-order valence-corrected chi connectivity index (χ3v) is 6.37. The van der Waals surface area contributed by atoms with Gasteiger partial charge >= 0.3 is 0 Å². The van der Waals surface area contributed by atoms with Crippen LogP contribution in [-0.2, 0) is 12.8 Å². The Morgan fingerprint density at radius 2 is 2.04 bits per heavy atom. The largest absolute Gasteiger partial charge is 0.361 e. The summed E-state index contributed by atoms with van der Waals surface area (Å²) in [6.45, 7) is 11.0. The molecule has 2 N–H and O–H groups in total. The van der Waals surface area contributed by atoms with Gasteiger partial charge in [0, 0.05) is 49.3 Å². The third kappa shape index (κ3) is 4.04. The molecule has 0 spiro atoms. The average molecular weight is 382 g/mol. The summed E-state index contributed by atoms with van der Waals surface area (Å²) in [5, 5.41) is 4.88. The van der Waals surface area contributed by atoms with E-state index in [4.69, 9.17) is 4.99 Å². The minimum atomic E-state index is 0.715. The molecule has 2 aromatic rings. The van der Waals surface area contributed by atoms with E-state index >= 15 is 0 Å². The van der Waals surface area contributed by atoms with Crippen molar-refractivity contribution in [3.05, 3.63) is 35.5 Å². The van der Waals surface area contributed by atoms with E-state index in [2.05, 4.69) is 58.3 Å². The molecule has 28 heavy (non-hydrogen) atoms. The molecule has 2 fully saturated rings. The SMILES string of the molecule is CCNC(=NCCc1c[nH]c2c(CC)cccc12)N1CCC(N2CCCC2)C1. The van der Waals surface area contributed by atoms with Crippen LogP contribution in [0, 0.1) is 0 Å². The van der Waals surface area contributed by atoms with Crippen molar-refractivity contribution in [2.45, 2.75) is 52.0 Å². The maximum absolute atomic E-state index is 4.98. The number of aromatic nitrogens is 1. The number of rotatable bonds is 6. The van der Waals surface area contributed by atoms with Gasteiger partial charge in [0.15, 0.2) is 5.96 Å². The zero-order valence-corrected chi connectivity index (χ0v) is 17.5. The molecule has 2 aliphatic rings. The number of nitrogens with zero attached hydrogens (tertiary/aromatic N) is 3. The van der Waals surface area contributed by atoms with E-state index in [1.54, 1.807) is 0 Å². The molecule has 4 rings (SSSR count). The number of fused-ring (bicyclic) bond motifs is 1. The van der Waals surface area contributed by atoms with Gasteiger partial charge in [-0.25, -0.2) is 0 Å². The summed E-state index contributed by atoms with van der Waals surface area (Å²) < 4.78 is 0. The van der Waals surface area contributed by atoms with Crippen molar-refractivity contribution in [1.82, 2.24) is 20.1 Å². The minimum absolute atomic E-state index is 0.715. The number of aryl methyl sites for hydroxylation is 1. The van der Waals surface area contributed by atoms with Gasteiger partial charge in [0.2, 0.25) is 0 Å². The van der Waals surface area contributed by atoms with E-state index in [0.717, 1.165) is 45.0 Å². The molecule has 5 heteroatoms. The summed E-state index contributed by atoms with van der Waals surface area (Å²) >= 11 is 0. The van der Waals surface area contributed by atoms with Crippen LogP contribution in [0.3, 0.4) is 0 Å². The van der Waals surface area contributed by atoms with Crippen molar-refractivity contribution >= 4 is 16.9 Å². The van der Waals surface area contributed by atoms with Gasteiger partial charge in [0.25, 0.3) is 0 Å². The predicted octanol–water partition coefficient (Wildman–Crippen LogP) is 3.41. The minimum Gasteiger partial charge on any atom is -0.361 e. The number of guanidine groups is 1. The standard InChI is InChI=1S/C23H35N5/c1-3-18-8-7-9-21-19(16-26-22(18)21)10-12-25-23(24-4-2)28-15-11-20(17-28)27-13-5-6-14-27/h7-9,16,20,26H,3-6,10-15,17H2,1-2H3,(H,24,25). The number of likely N-dealkylation sites (tertiary alicyclic amines) is 2. The van der Waals surface area contributed by atoms with Gasteiger partial charge in [-0.15, -0.1) is 0 Å². The van der Waals surface area contributed by atoms with Crippen LogP contribution in [0.25, 0.3) is 10.9 Å². The molecule has 0 bridgehead atoms. The molecule has 0 saturated carbocycles. The third-order valence-electron chi connectivity index (χ3n) is 6.37. The lowest BCUT2D eigenvalue weighted by Crippen LogP contribution is -2.42. The fourth-order valence-corrected chi connectivity index (χ4v) is 4.82. The second kappa shape index (κ2) is 8.99. The number of nitrogens with one attached hydrogen (secondary N) is 2. The monoisotopic (exact) mass is 381 g/mol. The van der Waals surface area contributed by atoms with E-state index < -0.39 is 0 Å². The van der Waals surface area contributed by atoms with Gasteiger partial charge in [-0.2, -0.15) is 0 Å². The lowest BCUT2D eigenvalue weighted by Gasteiger charge is -2.25. The average Bonchev–Trinajstić information content (AvgIpc) is 3.47. The van der Waals surface area contributed by atoms with Gasteiger partial charge in [0.05, 0.1) is 0 Å². The predicted molar refractivity (Wildman–Crippen MR) is 118 cm³/mol. The summed E-state index contributed by atoms with van der Waals surface area (Å²) in [6, 6.07) is 7.34. The van der Waals surface area contributed by atoms with Crippen molar-refractivity contribution in [3.8, 4) is 0 Å². The summed E-state index contributed by atoms with van der Waals surface area (Å²) in [5.74, 6) is 1.10. The van der Waals surface area contributed by atoms with Crippen LogP contribution in [0.5, 0.6) is 0 Å². The summed E-state index contributed by atoms with van der Waals surface area (Å²) in [6.07, 6.45) is 8.22. The van der Waals surface area contributed by atoms with Crippen molar-refractivity contribution < 1.29 is 0 Å². The van der Waals surface area contributed by atoms with E-state index in [0.29, 0.717) is 6.04 Å². The maximum Gasteiger partial charge on any atom is 0.193 e. The Hall–Kier alpha value is -2.01. The van der Waals surface area contributed by atoms with E-state index in [-0.39, 0.29) is 0 Å². The van der Waals surface area contributed by atoms with Crippen LogP contribution in [-0.4, -0.2) is 66.1 Å². The zero-order valence-electron chi connectivity index (χ0n) is 17.5. The zero-order chi connectivity index (χ0) is 19.3. The highest BCUT2D eigenvalue weighted by Gasteiger charge is 2.30. The Balaban J connectivity index is 1.40. The first-order valence-electron chi connectivity index (χ1n) is 11.1. The van der Waals surface area contributed by atoms with Gasteiger partial charge in [-0.3, -0.25) is 9.89 Å². The molecule has 0 amide bonds. The van der Waals surface area contributed by atoms with Gasteiger partial charge in [-0.1, -0.05) is 25.1 Å². The van der Waals surface area contributed by atoms with Crippen LogP contribution >= 0.6 is 0 Å². The molecule has 3 heterocycles. The van der Waals surface area contributed by atoms with E-state index in [1.165, 1.54) is 54.4 Å². The Labute approximate surface area is 169 Å². The second-order valence-corrected chi connectivity index (χ2v) is 8.12. The number of aliphatic imine (C=N–C) groups is 1. The summed E-state index contributed by atoms with van der Waals surface area (Å²) in [7, 11) is 0. The van der Waals surface area contributed by atoms with Crippen molar-refractivity contribution in [2.24, 2.45) is 4.99 Å². The van der Waals surface area contributed by atoms with Crippen LogP contribution in [0.4, 0.5) is 0 Å². The molecule has 0 aliphatic carbocycles. The summed E-state index contributed by atoms with van der Waals surface area (Å²) in [5.41, 5.74) is 4.07. The van der Waals surface area contributed by atoms with Crippen LogP contribution < -0.4 is 5.32 Å². The smallest absolute Gasteiger partial charge is 0.193 e. The second-order valence-electron chi connectivity index (χ2n) is 8.12. The lowest BCUT2D eigenvalue weighted by molar-refractivity contribution is 0.249. The Morgan fingerprint density at radius 1 is 1.18 bits per heavy atom. The van der Waals surface area contributed by atoms with E-state index in [9.17, 15) is 0 Å². The molecular formula is C23H35N5. The highest BCUT2D eigenvalue weighted by atomic mass is 15.3. The first-order chi connectivity index (χ1) is 13.8. The molecule has 152 valence electrons.